The van der Waals surface area contributed by atoms with Crippen LogP contribution in [0, 0.1) is 0 Å². The number of aryl methyl sites for hydroxylation is 1. The van der Waals surface area contributed by atoms with Crippen molar-refractivity contribution in [2.45, 2.75) is 25.9 Å². The van der Waals surface area contributed by atoms with Crippen molar-refractivity contribution in [1.29, 1.82) is 0 Å². The van der Waals surface area contributed by atoms with Crippen molar-refractivity contribution in [3.63, 3.8) is 0 Å². The van der Waals surface area contributed by atoms with Gasteiger partial charge in [0.15, 0.2) is 6.10 Å². The molecule has 28 heavy (non-hydrogen) atoms. The first-order chi connectivity index (χ1) is 13.4. The van der Waals surface area contributed by atoms with Crippen LogP contribution in [0.15, 0.2) is 48.5 Å². The fourth-order valence-electron chi connectivity index (χ4n) is 3.14. The first-order valence-corrected chi connectivity index (χ1v) is 9.54. The van der Waals surface area contributed by atoms with E-state index in [1.165, 1.54) is 0 Å². The van der Waals surface area contributed by atoms with E-state index < -0.39 is 6.10 Å². The quantitative estimate of drug-likeness (QED) is 0.801. The van der Waals surface area contributed by atoms with Gasteiger partial charge in [-0.05, 0) is 51.2 Å². The summed E-state index contributed by atoms with van der Waals surface area (Å²) in [6.07, 6.45) is 0.574. The molecule has 0 saturated carbocycles. The van der Waals surface area contributed by atoms with Crippen molar-refractivity contribution in [2.75, 3.05) is 37.4 Å². The lowest BCUT2D eigenvalue weighted by atomic mass is 10.1. The van der Waals surface area contributed by atoms with E-state index in [1.807, 2.05) is 67.5 Å². The van der Waals surface area contributed by atoms with E-state index >= 15 is 0 Å². The summed E-state index contributed by atoms with van der Waals surface area (Å²) in [5.41, 5.74) is 2.49. The van der Waals surface area contributed by atoms with Crippen LogP contribution in [0.5, 0.6) is 5.75 Å². The van der Waals surface area contributed by atoms with Crippen molar-refractivity contribution in [3.05, 3.63) is 54.1 Å². The summed E-state index contributed by atoms with van der Waals surface area (Å²) in [7, 11) is 3.94. The number of nitrogens with one attached hydrogen (secondary N) is 1. The molecule has 0 saturated heterocycles. The molecular formula is C22H27N3O3. The van der Waals surface area contributed by atoms with Gasteiger partial charge in [0.25, 0.3) is 5.91 Å². The Morgan fingerprint density at radius 2 is 1.93 bits per heavy atom. The molecule has 2 aromatic carbocycles. The summed E-state index contributed by atoms with van der Waals surface area (Å²) in [6, 6.07) is 15.4. The molecule has 148 valence electrons. The Bertz CT molecular complexity index is 836. The minimum absolute atomic E-state index is 0.0555. The summed E-state index contributed by atoms with van der Waals surface area (Å²) in [6.45, 7) is 3.07. The number of hydrogen-bond donors (Lipinski definition) is 1. The summed E-state index contributed by atoms with van der Waals surface area (Å²) >= 11 is 0. The number of rotatable bonds is 7. The van der Waals surface area contributed by atoms with Crippen LogP contribution in [0.3, 0.4) is 0 Å². The number of fused-ring (bicyclic) bond motifs is 1. The van der Waals surface area contributed by atoms with Crippen molar-refractivity contribution in [3.8, 4) is 5.75 Å². The molecule has 1 aliphatic rings. The number of carbonyl (C=O) groups is 2. The third-order valence-electron chi connectivity index (χ3n) is 4.71. The molecule has 0 fully saturated rings. The largest absolute Gasteiger partial charge is 0.479 e. The van der Waals surface area contributed by atoms with Gasteiger partial charge in [-0.3, -0.25) is 9.59 Å². The van der Waals surface area contributed by atoms with Crippen molar-refractivity contribution >= 4 is 23.2 Å². The van der Waals surface area contributed by atoms with Gasteiger partial charge in [-0.15, -0.1) is 0 Å². The van der Waals surface area contributed by atoms with Gasteiger partial charge in [0.2, 0.25) is 5.91 Å². The van der Waals surface area contributed by atoms with Gasteiger partial charge in [-0.1, -0.05) is 30.3 Å². The molecule has 1 unspecified atom stereocenters. The smallest absolute Gasteiger partial charge is 0.267 e. The van der Waals surface area contributed by atoms with Crippen LogP contribution in [0.1, 0.15) is 18.9 Å². The van der Waals surface area contributed by atoms with Gasteiger partial charge < -0.3 is 19.9 Å². The first kappa shape index (κ1) is 19.9. The van der Waals surface area contributed by atoms with Gasteiger partial charge in [0.1, 0.15) is 5.75 Å². The van der Waals surface area contributed by atoms with E-state index in [-0.39, 0.29) is 11.8 Å². The van der Waals surface area contributed by atoms with Crippen LogP contribution in [0.25, 0.3) is 0 Å². The standard InChI is InChI=1S/C22H27N3O3/c1-16-22(27)25(14-13-24(2)3)19-15-18(10-11-20(19)28-16)23-21(26)12-9-17-7-5-4-6-8-17/h4-8,10-11,15-16H,9,12-14H2,1-3H3,(H,23,26). The molecule has 2 amide bonds. The number of carbonyl (C=O) groups excluding carboxylic acids is 2. The van der Waals surface area contributed by atoms with Gasteiger partial charge in [-0.2, -0.15) is 0 Å². The van der Waals surface area contributed by atoms with E-state index in [9.17, 15) is 9.59 Å². The summed E-state index contributed by atoms with van der Waals surface area (Å²) in [5.74, 6) is 0.537. The lowest BCUT2D eigenvalue weighted by Crippen LogP contribution is -2.46. The Kier molecular flexibility index (Phi) is 6.31. The normalized spacial score (nSPS) is 15.9. The SMILES string of the molecule is CC1Oc2ccc(NC(=O)CCc3ccccc3)cc2N(CCN(C)C)C1=O. The molecule has 0 spiro atoms. The highest BCUT2D eigenvalue weighted by molar-refractivity contribution is 6.01. The monoisotopic (exact) mass is 381 g/mol. The zero-order chi connectivity index (χ0) is 20.1. The first-order valence-electron chi connectivity index (χ1n) is 9.54. The van der Waals surface area contributed by atoms with Gasteiger partial charge >= 0.3 is 0 Å². The Morgan fingerprint density at radius 3 is 2.64 bits per heavy atom. The third kappa shape index (κ3) is 4.89. The summed E-state index contributed by atoms with van der Waals surface area (Å²) < 4.78 is 5.73. The molecule has 6 nitrogen and oxygen atoms in total. The molecule has 1 N–H and O–H groups in total. The molecule has 1 heterocycles. The molecule has 1 atom stereocenters. The fraction of sp³-hybridized carbons (Fsp3) is 0.364. The number of likely N-dealkylation sites (N-methyl/N-ethyl adjacent to an activating group) is 1. The molecule has 0 aliphatic carbocycles. The second kappa shape index (κ2) is 8.89. The Balaban J connectivity index is 1.70. The summed E-state index contributed by atoms with van der Waals surface area (Å²) in [4.78, 5) is 28.7. The maximum Gasteiger partial charge on any atom is 0.267 e. The maximum atomic E-state index is 12.6. The van der Waals surface area contributed by atoms with Crippen LogP contribution >= 0.6 is 0 Å². The van der Waals surface area contributed by atoms with Crippen LogP contribution in [0.4, 0.5) is 11.4 Å². The van der Waals surface area contributed by atoms with Gasteiger partial charge in [0, 0.05) is 25.2 Å². The molecule has 6 heteroatoms. The molecule has 0 aromatic heterocycles. The van der Waals surface area contributed by atoms with Crippen molar-refractivity contribution in [1.82, 2.24) is 4.90 Å². The number of anilines is 2. The van der Waals surface area contributed by atoms with Crippen LogP contribution in [-0.4, -0.2) is 50.0 Å². The highest BCUT2D eigenvalue weighted by Gasteiger charge is 2.31. The predicted molar refractivity (Wildman–Crippen MR) is 111 cm³/mol. The average Bonchev–Trinajstić information content (AvgIpc) is 2.68. The number of hydrogen-bond acceptors (Lipinski definition) is 4. The molecule has 0 radical (unpaired) electrons. The number of amides is 2. The average molecular weight is 381 g/mol. The Hall–Kier alpha value is -2.86. The number of nitrogens with zero attached hydrogens (tertiary/aromatic N) is 2. The second-order valence-electron chi connectivity index (χ2n) is 7.27. The van der Waals surface area contributed by atoms with Crippen LogP contribution < -0.4 is 15.0 Å². The molecule has 2 aromatic rings. The molecule has 0 bridgehead atoms. The second-order valence-corrected chi connectivity index (χ2v) is 7.27. The number of benzene rings is 2. The lowest BCUT2D eigenvalue weighted by Gasteiger charge is -2.34. The minimum atomic E-state index is -0.513. The minimum Gasteiger partial charge on any atom is -0.479 e. The predicted octanol–water partition coefficient (Wildman–Crippen LogP) is 2.93. The van der Waals surface area contributed by atoms with Gasteiger partial charge in [0.05, 0.1) is 5.69 Å². The highest BCUT2D eigenvalue weighted by Crippen LogP contribution is 2.36. The van der Waals surface area contributed by atoms with Crippen LogP contribution in [0.2, 0.25) is 0 Å². The zero-order valence-corrected chi connectivity index (χ0v) is 16.6. The van der Waals surface area contributed by atoms with E-state index in [0.717, 1.165) is 12.1 Å². The van der Waals surface area contributed by atoms with E-state index in [4.69, 9.17) is 4.74 Å². The van der Waals surface area contributed by atoms with E-state index in [2.05, 4.69) is 5.32 Å². The van der Waals surface area contributed by atoms with E-state index in [1.54, 1.807) is 11.8 Å². The Morgan fingerprint density at radius 1 is 1.18 bits per heavy atom. The van der Waals surface area contributed by atoms with Crippen LogP contribution in [-0.2, 0) is 16.0 Å². The fourth-order valence-corrected chi connectivity index (χ4v) is 3.14. The van der Waals surface area contributed by atoms with Crippen molar-refractivity contribution < 1.29 is 14.3 Å². The van der Waals surface area contributed by atoms with Crippen molar-refractivity contribution in [2.24, 2.45) is 0 Å². The maximum absolute atomic E-state index is 12.6. The highest BCUT2D eigenvalue weighted by atomic mass is 16.5. The topological polar surface area (TPSA) is 61.9 Å². The van der Waals surface area contributed by atoms with Gasteiger partial charge in [-0.25, -0.2) is 0 Å². The zero-order valence-electron chi connectivity index (χ0n) is 16.6. The molecule has 3 rings (SSSR count). The van der Waals surface area contributed by atoms with E-state index in [0.29, 0.717) is 36.5 Å². The Labute approximate surface area is 166 Å². The number of ether oxygens (including phenoxy) is 1. The lowest BCUT2D eigenvalue weighted by molar-refractivity contribution is -0.125. The summed E-state index contributed by atoms with van der Waals surface area (Å²) in [5, 5.41) is 2.93. The molecule has 1 aliphatic heterocycles. The molecular weight excluding hydrogens is 354 g/mol. The third-order valence-corrected chi connectivity index (χ3v) is 4.71.